The van der Waals surface area contributed by atoms with E-state index in [-0.39, 0.29) is 30.3 Å². The first kappa shape index (κ1) is 15.5. The summed E-state index contributed by atoms with van der Waals surface area (Å²) in [6, 6.07) is 6.38. The van der Waals surface area contributed by atoms with Crippen LogP contribution in [0.3, 0.4) is 0 Å². The Morgan fingerprint density at radius 1 is 1.35 bits per heavy atom. The van der Waals surface area contributed by atoms with Gasteiger partial charge in [-0.2, -0.15) is 0 Å². The highest BCUT2D eigenvalue weighted by Crippen LogP contribution is 2.28. The molecule has 0 spiro atoms. The number of hydrogen-bond donors (Lipinski definition) is 3. The van der Waals surface area contributed by atoms with Crippen molar-refractivity contribution in [1.82, 2.24) is 15.5 Å². The number of fused-ring (bicyclic) bond motifs is 2. The molecule has 122 valence electrons. The smallest absolute Gasteiger partial charge is 0.256 e. The Morgan fingerprint density at radius 3 is 2.91 bits per heavy atom. The second-order valence-corrected chi connectivity index (χ2v) is 5.87. The molecule has 3 rings (SSSR count). The zero-order chi connectivity index (χ0) is 16.4. The monoisotopic (exact) mass is 316 g/mol. The van der Waals surface area contributed by atoms with Gasteiger partial charge in [-0.25, -0.2) is 0 Å². The van der Waals surface area contributed by atoms with Crippen LogP contribution in [0.25, 0.3) is 0 Å². The van der Waals surface area contributed by atoms with Crippen LogP contribution < -0.4 is 16.0 Å². The Hall–Kier alpha value is -2.41. The van der Waals surface area contributed by atoms with Crippen molar-refractivity contribution in [2.24, 2.45) is 0 Å². The lowest BCUT2D eigenvalue weighted by atomic mass is 9.96. The lowest BCUT2D eigenvalue weighted by molar-refractivity contribution is -0.124. The van der Waals surface area contributed by atoms with Gasteiger partial charge in [0, 0.05) is 12.6 Å². The highest BCUT2D eigenvalue weighted by molar-refractivity contribution is 6.09. The summed E-state index contributed by atoms with van der Waals surface area (Å²) in [5, 5.41) is 8.53. The van der Waals surface area contributed by atoms with Crippen LogP contribution in [-0.2, 0) is 9.59 Å². The molecule has 1 fully saturated rings. The van der Waals surface area contributed by atoms with E-state index in [1.807, 2.05) is 0 Å². The number of nitrogens with zero attached hydrogens (tertiary/aromatic N) is 1. The number of nitrogens with one attached hydrogen (secondary N) is 3. The van der Waals surface area contributed by atoms with Crippen molar-refractivity contribution in [2.75, 3.05) is 25.5 Å². The maximum absolute atomic E-state index is 12.7. The molecule has 0 aliphatic carbocycles. The summed E-state index contributed by atoms with van der Waals surface area (Å²) in [5.74, 6) is -0.436. The summed E-state index contributed by atoms with van der Waals surface area (Å²) in [6.45, 7) is 0.692. The second-order valence-electron chi connectivity index (χ2n) is 5.87. The van der Waals surface area contributed by atoms with Crippen LogP contribution >= 0.6 is 0 Å². The molecule has 3 N–H and O–H groups in total. The van der Waals surface area contributed by atoms with Gasteiger partial charge in [-0.3, -0.25) is 14.4 Å². The summed E-state index contributed by atoms with van der Waals surface area (Å²) in [6.07, 6.45) is 1.08. The molecule has 7 nitrogen and oxygen atoms in total. The van der Waals surface area contributed by atoms with Crippen LogP contribution in [0.4, 0.5) is 5.69 Å². The highest BCUT2D eigenvalue weighted by atomic mass is 16.2. The van der Waals surface area contributed by atoms with Gasteiger partial charge in [0.15, 0.2) is 0 Å². The van der Waals surface area contributed by atoms with Gasteiger partial charge in [0.05, 0.1) is 17.8 Å². The number of para-hydroxylation sites is 1. The van der Waals surface area contributed by atoms with Crippen molar-refractivity contribution in [3.63, 3.8) is 0 Å². The van der Waals surface area contributed by atoms with E-state index in [0.717, 1.165) is 0 Å². The molecular formula is C16H20N4O3. The van der Waals surface area contributed by atoms with E-state index in [4.69, 9.17) is 0 Å². The van der Waals surface area contributed by atoms with E-state index in [0.29, 0.717) is 30.6 Å². The number of anilines is 1. The fourth-order valence-electron chi connectivity index (χ4n) is 3.18. The van der Waals surface area contributed by atoms with Crippen LogP contribution in [0.15, 0.2) is 24.3 Å². The van der Waals surface area contributed by atoms with Crippen LogP contribution in [-0.4, -0.2) is 54.8 Å². The number of amides is 3. The highest BCUT2D eigenvalue weighted by Gasteiger charge is 2.39. The molecule has 2 heterocycles. The number of hydrogen-bond acceptors (Lipinski definition) is 4. The fourth-order valence-corrected chi connectivity index (χ4v) is 3.18. The molecule has 0 bridgehead atoms. The molecular weight excluding hydrogens is 296 g/mol. The van der Waals surface area contributed by atoms with Crippen molar-refractivity contribution >= 4 is 23.4 Å². The number of likely N-dealkylation sites (N-methyl/N-ethyl adjacent to an activating group) is 1. The molecule has 0 saturated carbocycles. The third-order valence-corrected chi connectivity index (χ3v) is 4.28. The zero-order valence-electron chi connectivity index (χ0n) is 13.0. The van der Waals surface area contributed by atoms with Crippen LogP contribution in [0, 0.1) is 0 Å². The SMILES string of the molecule is CNCC(=O)N[C@H]1CCN2C(=O)c3ccccc3NC(=O)[C@@H]2C1. The third kappa shape index (κ3) is 3.05. The van der Waals surface area contributed by atoms with Crippen molar-refractivity contribution in [1.29, 1.82) is 0 Å². The van der Waals surface area contributed by atoms with E-state index in [1.54, 1.807) is 36.2 Å². The number of benzene rings is 1. The van der Waals surface area contributed by atoms with Gasteiger partial charge in [-0.15, -0.1) is 0 Å². The van der Waals surface area contributed by atoms with E-state index < -0.39 is 6.04 Å². The molecule has 0 aromatic heterocycles. The normalized spacial score (nSPS) is 23.4. The molecule has 0 unspecified atom stereocenters. The Kier molecular flexibility index (Phi) is 4.29. The first-order valence-corrected chi connectivity index (χ1v) is 7.75. The summed E-state index contributed by atoms with van der Waals surface area (Å²) in [7, 11) is 1.71. The van der Waals surface area contributed by atoms with Crippen LogP contribution in [0.5, 0.6) is 0 Å². The van der Waals surface area contributed by atoms with E-state index >= 15 is 0 Å². The molecule has 3 amide bonds. The second kappa shape index (κ2) is 6.37. The lowest BCUT2D eigenvalue weighted by Gasteiger charge is -2.37. The molecule has 23 heavy (non-hydrogen) atoms. The Labute approximate surface area is 134 Å². The average Bonchev–Trinajstić information content (AvgIpc) is 2.64. The first-order valence-electron chi connectivity index (χ1n) is 7.75. The third-order valence-electron chi connectivity index (χ3n) is 4.28. The van der Waals surface area contributed by atoms with E-state index in [2.05, 4.69) is 16.0 Å². The van der Waals surface area contributed by atoms with Crippen LogP contribution in [0.1, 0.15) is 23.2 Å². The van der Waals surface area contributed by atoms with E-state index in [1.165, 1.54) is 0 Å². The lowest BCUT2D eigenvalue weighted by Crippen LogP contribution is -2.55. The number of carbonyl (C=O) groups excluding carboxylic acids is 3. The predicted molar refractivity (Wildman–Crippen MR) is 85.0 cm³/mol. The molecule has 7 heteroatoms. The van der Waals surface area contributed by atoms with Gasteiger partial charge >= 0.3 is 0 Å². The largest absolute Gasteiger partial charge is 0.352 e. The number of piperidine rings is 1. The zero-order valence-corrected chi connectivity index (χ0v) is 13.0. The van der Waals surface area contributed by atoms with Gasteiger partial charge in [0.2, 0.25) is 11.8 Å². The predicted octanol–water partition coefficient (Wildman–Crippen LogP) is -0.0525. The molecule has 2 atom stereocenters. The quantitative estimate of drug-likeness (QED) is 0.729. The summed E-state index contributed by atoms with van der Waals surface area (Å²) < 4.78 is 0. The Bertz CT molecular complexity index is 646. The molecule has 1 aromatic carbocycles. The van der Waals surface area contributed by atoms with Gasteiger partial charge in [-0.1, -0.05) is 12.1 Å². The Balaban J connectivity index is 1.78. The molecule has 0 radical (unpaired) electrons. The Morgan fingerprint density at radius 2 is 2.13 bits per heavy atom. The molecule has 2 aliphatic rings. The van der Waals surface area contributed by atoms with Gasteiger partial charge < -0.3 is 20.9 Å². The van der Waals surface area contributed by atoms with Crippen molar-refractivity contribution in [3.8, 4) is 0 Å². The maximum atomic E-state index is 12.7. The summed E-state index contributed by atoms with van der Waals surface area (Å²) in [5.41, 5.74) is 1.06. The minimum absolute atomic E-state index is 0.100. The minimum atomic E-state index is -0.552. The van der Waals surface area contributed by atoms with Crippen molar-refractivity contribution in [2.45, 2.75) is 24.9 Å². The molecule has 1 aromatic rings. The van der Waals surface area contributed by atoms with Crippen molar-refractivity contribution < 1.29 is 14.4 Å². The molecule has 2 aliphatic heterocycles. The summed E-state index contributed by atoms with van der Waals surface area (Å²) in [4.78, 5) is 38.5. The molecule has 1 saturated heterocycles. The fraction of sp³-hybridized carbons (Fsp3) is 0.438. The van der Waals surface area contributed by atoms with Gasteiger partial charge in [-0.05, 0) is 32.0 Å². The van der Waals surface area contributed by atoms with Crippen molar-refractivity contribution in [3.05, 3.63) is 29.8 Å². The van der Waals surface area contributed by atoms with Gasteiger partial charge in [0.25, 0.3) is 5.91 Å². The standard InChI is InChI=1S/C16H20N4O3/c1-17-9-14(21)18-10-6-7-20-13(8-10)15(22)19-12-5-3-2-4-11(12)16(20)23/h2-5,10,13,17H,6-9H2,1H3,(H,18,21)(H,19,22)/t10-,13-/m0/s1. The van der Waals surface area contributed by atoms with E-state index in [9.17, 15) is 14.4 Å². The number of carbonyl (C=O) groups is 3. The minimum Gasteiger partial charge on any atom is -0.352 e. The maximum Gasteiger partial charge on any atom is 0.256 e. The number of rotatable bonds is 3. The van der Waals surface area contributed by atoms with Crippen LogP contribution in [0.2, 0.25) is 0 Å². The topological polar surface area (TPSA) is 90.5 Å². The average molecular weight is 316 g/mol. The summed E-state index contributed by atoms with van der Waals surface area (Å²) >= 11 is 0. The first-order chi connectivity index (χ1) is 11.1. The van der Waals surface area contributed by atoms with Gasteiger partial charge in [0.1, 0.15) is 6.04 Å².